The van der Waals surface area contributed by atoms with Crippen LogP contribution in [-0.4, -0.2) is 17.6 Å². The Bertz CT molecular complexity index is 509. The summed E-state index contributed by atoms with van der Waals surface area (Å²) in [5.41, 5.74) is 0. The van der Waals surface area contributed by atoms with E-state index in [0.29, 0.717) is 11.5 Å². The predicted octanol–water partition coefficient (Wildman–Crippen LogP) is 3.24. The maximum Gasteiger partial charge on any atom is 0.348 e. The Morgan fingerprint density at radius 2 is 2.47 bits per heavy atom. The van der Waals surface area contributed by atoms with E-state index in [-0.39, 0.29) is 5.97 Å². The van der Waals surface area contributed by atoms with Crippen LogP contribution in [0.25, 0.3) is 10.1 Å². The van der Waals surface area contributed by atoms with Crippen LogP contribution in [0.3, 0.4) is 0 Å². The molecule has 0 amide bonds. The molecule has 0 saturated heterocycles. The number of hydrogen-bond acceptors (Lipinski definition) is 4. The quantitative estimate of drug-likeness (QED) is 0.628. The van der Waals surface area contributed by atoms with E-state index >= 15 is 0 Å². The number of fused-ring (bicyclic) bond motifs is 1. The van der Waals surface area contributed by atoms with Crippen molar-refractivity contribution in [2.45, 2.75) is 6.92 Å². The van der Waals surface area contributed by atoms with Crippen molar-refractivity contribution in [1.29, 1.82) is 0 Å². The summed E-state index contributed by atoms with van der Waals surface area (Å²) in [6.45, 7) is 2.19. The molecule has 0 bridgehead atoms. The number of hydrogen-bond donors (Lipinski definition) is 0. The van der Waals surface area contributed by atoms with Crippen molar-refractivity contribution >= 4 is 43.3 Å². The van der Waals surface area contributed by atoms with Crippen molar-refractivity contribution in [2.75, 3.05) is 6.61 Å². The zero-order chi connectivity index (χ0) is 10.8. The second kappa shape index (κ2) is 4.28. The zero-order valence-electron chi connectivity index (χ0n) is 7.99. The molecule has 3 nitrogen and oxygen atoms in total. The van der Waals surface area contributed by atoms with Crippen LogP contribution in [0.1, 0.15) is 16.6 Å². The highest BCUT2D eigenvalue weighted by Crippen LogP contribution is 2.30. The van der Waals surface area contributed by atoms with Gasteiger partial charge in [0.2, 0.25) is 0 Å². The summed E-state index contributed by atoms with van der Waals surface area (Å²) in [7, 11) is 0. The van der Waals surface area contributed by atoms with Gasteiger partial charge in [-0.3, -0.25) is 0 Å². The molecule has 0 saturated carbocycles. The Kier molecular flexibility index (Phi) is 3.02. The summed E-state index contributed by atoms with van der Waals surface area (Å²) in [5, 5.41) is 1.00. The first-order valence-electron chi connectivity index (χ1n) is 4.43. The minimum atomic E-state index is -0.273. The van der Waals surface area contributed by atoms with E-state index in [2.05, 4.69) is 20.9 Å². The average Bonchev–Trinajstić information content (AvgIpc) is 2.63. The van der Waals surface area contributed by atoms with Crippen LogP contribution in [0.2, 0.25) is 0 Å². The van der Waals surface area contributed by atoms with Gasteiger partial charge in [0.15, 0.2) is 0 Å². The summed E-state index contributed by atoms with van der Waals surface area (Å²) in [6, 6.07) is 3.70. The van der Waals surface area contributed by atoms with Gasteiger partial charge in [0.1, 0.15) is 9.48 Å². The molecule has 0 fully saturated rings. The van der Waals surface area contributed by atoms with Gasteiger partial charge >= 0.3 is 5.97 Å². The average molecular weight is 286 g/mol. The van der Waals surface area contributed by atoms with Crippen LogP contribution in [-0.2, 0) is 4.74 Å². The molecule has 0 aliphatic carbocycles. The molecule has 78 valence electrons. The smallest absolute Gasteiger partial charge is 0.348 e. The molecule has 0 spiro atoms. The molecule has 2 rings (SSSR count). The van der Waals surface area contributed by atoms with Crippen LogP contribution in [0.5, 0.6) is 0 Å². The number of halogens is 1. The molecule has 0 radical (unpaired) electrons. The first-order valence-corrected chi connectivity index (χ1v) is 6.04. The van der Waals surface area contributed by atoms with Crippen molar-refractivity contribution in [2.24, 2.45) is 0 Å². The molecular formula is C10H8BrNO2S. The van der Waals surface area contributed by atoms with E-state index in [1.807, 2.05) is 12.1 Å². The SMILES string of the molecule is CCOC(=O)c1cc2ccnc(Br)c2s1. The first kappa shape index (κ1) is 10.6. The van der Waals surface area contributed by atoms with Gasteiger partial charge in [-0.25, -0.2) is 9.78 Å². The van der Waals surface area contributed by atoms with Crippen molar-refractivity contribution in [3.63, 3.8) is 0 Å². The summed E-state index contributed by atoms with van der Waals surface area (Å²) in [5.74, 6) is -0.273. The molecule has 5 heteroatoms. The van der Waals surface area contributed by atoms with Crippen LogP contribution < -0.4 is 0 Å². The summed E-state index contributed by atoms with van der Waals surface area (Å²) in [4.78, 5) is 16.2. The van der Waals surface area contributed by atoms with Gasteiger partial charge in [0.05, 0.1) is 11.3 Å². The fourth-order valence-electron chi connectivity index (χ4n) is 1.23. The highest BCUT2D eigenvalue weighted by atomic mass is 79.9. The normalized spacial score (nSPS) is 10.5. The summed E-state index contributed by atoms with van der Waals surface area (Å²) >= 11 is 4.73. The summed E-state index contributed by atoms with van der Waals surface area (Å²) < 4.78 is 6.67. The number of esters is 1. The number of nitrogens with zero attached hydrogens (tertiary/aromatic N) is 1. The zero-order valence-corrected chi connectivity index (χ0v) is 10.4. The fourth-order valence-corrected chi connectivity index (χ4v) is 2.75. The number of ether oxygens (including phenoxy) is 1. The highest BCUT2D eigenvalue weighted by molar-refractivity contribution is 9.10. The molecule has 0 atom stereocenters. The van der Waals surface area contributed by atoms with E-state index in [1.54, 1.807) is 13.1 Å². The monoisotopic (exact) mass is 285 g/mol. The number of thiophene rings is 1. The number of pyridine rings is 1. The Labute approximate surface area is 99.2 Å². The molecule has 2 aromatic rings. The van der Waals surface area contributed by atoms with Gasteiger partial charge in [-0.05, 0) is 40.4 Å². The second-order valence-electron chi connectivity index (χ2n) is 2.85. The van der Waals surface area contributed by atoms with E-state index in [1.165, 1.54) is 11.3 Å². The fraction of sp³-hybridized carbons (Fsp3) is 0.200. The molecule has 0 aromatic carbocycles. The minimum Gasteiger partial charge on any atom is -0.462 e. The molecule has 0 N–H and O–H groups in total. The van der Waals surface area contributed by atoms with E-state index in [0.717, 1.165) is 14.7 Å². The van der Waals surface area contributed by atoms with Gasteiger partial charge in [0.25, 0.3) is 0 Å². The van der Waals surface area contributed by atoms with E-state index < -0.39 is 0 Å². The van der Waals surface area contributed by atoms with Crippen LogP contribution >= 0.6 is 27.3 Å². The Hall–Kier alpha value is -0.940. The van der Waals surface area contributed by atoms with E-state index in [4.69, 9.17) is 4.74 Å². The van der Waals surface area contributed by atoms with Crippen molar-refractivity contribution in [1.82, 2.24) is 4.98 Å². The molecule has 15 heavy (non-hydrogen) atoms. The third-order valence-electron chi connectivity index (χ3n) is 1.87. The molecule has 0 aliphatic rings. The lowest BCUT2D eigenvalue weighted by Crippen LogP contribution is -2.01. The minimum absolute atomic E-state index is 0.273. The summed E-state index contributed by atoms with van der Waals surface area (Å²) in [6.07, 6.45) is 1.70. The Balaban J connectivity index is 2.47. The third kappa shape index (κ3) is 2.03. The van der Waals surface area contributed by atoms with Crippen molar-refractivity contribution < 1.29 is 9.53 Å². The largest absolute Gasteiger partial charge is 0.462 e. The van der Waals surface area contributed by atoms with Crippen molar-refractivity contribution in [3.05, 3.63) is 27.8 Å². The Morgan fingerprint density at radius 3 is 3.13 bits per heavy atom. The van der Waals surface area contributed by atoms with Crippen LogP contribution in [0, 0.1) is 0 Å². The molecular weight excluding hydrogens is 278 g/mol. The first-order chi connectivity index (χ1) is 7.22. The predicted molar refractivity (Wildman–Crippen MR) is 63.3 cm³/mol. The maximum absolute atomic E-state index is 11.5. The Morgan fingerprint density at radius 1 is 1.67 bits per heavy atom. The lowest BCUT2D eigenvalue weighted by Gasteiger charge is -1.95. The van der Waals surface area contributed by atoms with Gasteiger partial charge in [-0.2, -0.15) is 0 Å². The van der Waals surface area contributed by atoms with Gasteiger partial charge in [0, 0.05) is 6.20 Å². The number of rotatable bonds is 2. The number of carbonyl (C=O) groups is 1. The van der Waals surface area contributed by atoms with E-state index in [9.17, 15) is 4.79 Å². The molecule has 0 aliphatic heterocycles. The highest BCUT2D eigenvalue weighted by Gasteiger charge is 2.12. The number of carbonyl (C=O) groups excluding carboxylic acids is 1. The molecule has 0 unspecified atom stereocenters. The van der Waals surface area contributed by atoms with Crippen molar-refractivity contribution in [3.8, 4) is 0 Å². The molecule has 2 heterocycles. The second-order valence-corrected chi connectivity index (χ2v) is 4.65. The lowest BCUT2D eigenvalue weighted by atomic mass is 10.3. The number of aromatic nitrogens is 1. The lowest BCUT2D eigenvalue weighted by molar-refractivity contribution is 0.0532. The van der Waals surface area contributed by atoms with Gasteiger partial charge < -0.3 is 4.74 Å². The standard InChI is InChI=1S/C10H8BrNO2S/c1-2-14-10(13)7-5-6-3-4-12-9(11)8(6)15-7/h3-5H,2H2,1H3. The topological polar surface area (TPSA) is 39.2 Å². The van der Waals surface area contributed by atoms with Crippen LogP contribution in [0.4, 0.5) is 0 Å². The van der Waals surface area contributed by atoms with Gasteiger partial charge in [-0.1, -0.05) is 0 Å². The van der Waals surface area contributed by atoms with Crippen LogP contribution in [0.15, 0.2) is 22.9 Å². The molecule has 2 aromatic heterocycles. The van der Waals surface area contributed by atoms with Gasteiger partial charge in [-0.15, -0.1) is 11.3 Å². The maximum atomic E-state index is 11.5. The third-order valence-corrected chi connectivity index (χ3v) is 3.87.